The first-order valence-electron chi connectivity index (χ1n) is 8.76. The summed E-state index contributed by atoms with van der Waals surface area (Å²) in [4.78, 5) is 17.0. The van der Waals surface area contributed by atoms with Gasteiger partial charge in [-0.25, -0.2) is 8.42 Å². The summed E-state index contributed by atoms with van der Waals surface area (Å²) in [7, 11) is -3.12. The number of nitrogens with one attached hydrogen (secondary N) is 1. The molecule has 0 saturated carbocycles. The largest absolute Gasteiger partial charge is 0.459 e. The minimum atomic E-state index is -3.12. The number of thiophene rings is 1. The molecule has 140 valence electrons. The van der Waals surface area contributed by atoms with Gasteiger partial charge in [0, 0.05) is 41.3 Å². The van der Waals surface area contributed by atoms with Crippen molar-refractivity contribution in [3.05, 3.63) is 46.0 Å². The monoisotopic (exact) mass is 394 g/mol. The Morgan fingerprint density at radius 1 is 1.35 bits per heavy atom. The SMILES string of the molecule is Cc1ccc(CN2C[C@@H]3[C@@H](NC(=O)c4ccco4)CCS(=O)(=O)[C@H]3C2)s1. The molecule has 0 spiro atoms. The zero-order chi connectivity index (χ0) is 18.3. The molecule has 2 aliphatic heterocycles. The fraction of sp³-hybridized carbons (Fsp3) is 0.500. The van der Waals surface area contributed by atoms with Gasteiger partial charge in [0.05, 0.1) is 17.3 Å². The Balaban J connectivity index is 1.49. The molecule has 26 heavy (non-hydrogen) atoms. The highest BCUT2D eigenvalue weighted by atomic mass is 32.2. The quantitative estimate of drug-likeness (QED) is 0.859. The van der Waals surface area contributed by atoms with Crippen LogP contribution < -0.4 is 5.32 Å². The van der Waals surface area contributed by atoms with Crippen LogP contribution in [-0.4, -0.2) is 49.4 Å². The summed E-state index contributed by atoms with van der Waals surface area (Å²) < 4.78 is 30.3. The first kappa shape index (κ1) is 17.8. The van der Waals surface area contributed by atoms with E-state index in [1.54, 1.807) is 23.5 Å². The Morgan fingerprint density at radius 2 is 2.19 bits per heavy atom. The zero-order valence-corrected chi connectivity index (χ0v) is 16.2. The van der Waals surface area contributed by atoms with E-state index in [4.69, 9.17) is 4.42 Å². The minimum Gasteiger partial charge on any atom is -0.459 e. The van der Waals surface area contributed by atoms with Crippen LogP contribution in [0.4, 0.5) is 0 Å². The molecule has 0 aliphatic carbocycles. The molecule has 4 heterocycles. The summed E-state index contributed by atoms with van der Waals surface area (Å²) >= 11 is 1.74. The van der Waals surface area contributed by atoms with Crippen LogP contribution in [0.2, 0.25) is 0 Å². The summed E-state index contributed by atoms with van der Waals surface area (Å²) in [5, 5.41) is 2.59. The third-order valence-corrected chi connectivity index (χ3v) is 8.52. The highest BCUT2D eigenvalue weighted by molar-refractivity contribution is 7.92. The summed E-state index contributed by atoms with van der Waals surface area (Å²) in [6, 6.07) is 7.34. The van der Waals surface area contributed by atoms with E-state index < -0.39 is 15.1 Å². The molecule has 0 aromatic carbocycles. The lowest BCUT2D eigenvalue weighted by molar-refractivity contribution is 0.0891. The average molecular weight is 395 g/mol. The van der Waals surface area contributed by atoms with Crippen LogP contribution in [0.25, 0.3) is 0 Å². The van der Waals surface area contributed by atoms with Crippen LogP contribution in [0.15, 0.2) is 34.9 Å². The number of hydrogen-bond acceptors (Lipinski definition) is 6. The molecule has 1 N–H and O–H groups in total. The predicted molar refractivity (Wildman–Crippen MR) is 100.0 cm³/mol. The highest BCUT2D eigenvalue weighted by Gasteiger charge is 2.48. The third kappa shape index (κ3) is 3.45. The average Bonchev–Trinajstić information content (AvgIpc) is 3.31. The fourth-order valence-corrected chi connectivity index (χ4v) is 7.11. The van der Waals surface area contributed by atoms with E-state index in [0.29, 0.717) is 19.5 Å². The van der Waals surface area contributed by atoms with Crippen LogP contribution in [0.5, 0.6) is 0 Å². The number of fused-ring (bicyclic) bond motifs is 1. The molecule has 4 rings (SSSR count). The van der Waals surface area contributed by atoms with E-state index in [1.165, 1.54) is 16.0 Å². The first-order valence-corrected chi connectivity index (χ1v) is 11.3. The van der Waals surface area contributed by atoms with Crippen molar-refractivity contribution in [3.63, 3.8) is 0 Å². The Hall–Kier alpha value is -1.64. The van der Waals surface area contributed by atoms with Crippen molar-refractivity contribution in [1.29, 1.82) is 0 Å². The van der Waals surface area contributed by atoms with Gasteiger partial charge in [-0.2, -0.15) is 0 Å². The van der Waals surface area contributed by atoms with Crippen molar-refractivity contribution >= 4 is 27.1 Å². The van der Waals surface area contributed by atoms with Gasteiger partial charge in [0.25, 0.3) is 5.91 Å². The molecular weight excluding hydrogens is 372 g/mol. The molecule has 2 aromatic heterocycles. The number of nitrogens with zero attached hydrogens (tertiary/aromatic N) is 1. The number of hydrogen-bond donors (Lipinski definition) is 1. The molecule has 0 unspecified atom stereocenters. The van der Waals surface area contributed by atoms with Crippen LogP contribution in [-0.2, 0) is 16.4 Å². The Morgan fingerprint density at radius 3 is 2.88 bits per heavy atom. The highest BCUT2D eigenvalue weighted by Crippen LogP contribution is 2.34. The third-order valence-electron chi connectivity index (χ3n) is 5.31. The number of carbonyl (C=O) groups is 1. The van der Waals surface area contributed by atoms with Crippen molar-refractivity contribution < 1.29 is 17.6 Å². The van der Waals surface area contributed by atoms with Gasteiger partial charge in [0.1, 0.15) is 0 Å². The number of sulfone groups is 1. The van der Waals surface area contributed by atoms with Crippen molar-refractivity contribution in [1.82, 2.24) is 10.2 Å². The Labute approximate surface area is 157 Å². The molecule has 2 fully saturated rings. The molecular formula is C18H22N2O4S2. The van der Waals surface area contributed by atoms with Gasteiger partial charge < -0.3 is 9.73 Å². The first-order chi connectivity index (χ1) is 12.4. The van der Waals surface area contributed by atoms with Gasteiger partial charge in [-0.3, -0.25) is 9.69 Å². The predicted octanol–water partition coefficient (Wildman–Crippen LogP) is 2.07. The standard InChI is InChI=1S/C18H22N2O4S2/c1-12-4-5-13(25-12)9-20-10-14-15(6-8-26(22,23)17(14)11-20)19-18(21)16-3-2-7-24-16/h2-5,7,14-15,17H,6,8-11H2,1H3,(H,19,21)/t14-,15+,17+/m1/s1. The van der Waals surface area contributed by atoms with Gasteiger partial charge in [-0.15, -0.1) is 11.3 Å². The molecule has 1 amide bonds. The van der Waals surface area contributed by atoms with Crippen LogP contribution in [0, 0.1) is 12.8 Å². The smallest absolute Gasteiger partial charge is 0.287 e. The number of rotatable bonds is 4. The maximum Gasteiger partial charge on any atom is 0.287 e. The van der Waals surface area contributed by atoms with E-state index in [1.807, 2.05) is 0 Å². The molecule has 2 saturated heterocycles. The van der Waals surface area contributed by atoms with Crippen molar-refractivity contribution in [3.8, 4) is 0 Å². The van der Waals surface area contributed by atoms with Crippen LogP contribution >= 0.6 is 11.3 Å². The normalized spacial score (nSPS) is 28.0. The number of amides is 1. The molecule has 3 atom stereocenters. The van der Waals surface area contributed by atoms with Crippen molar-refractivity contribution in [2.75, 3.05) is 18.8 Å². The lowest BCUT2D eigenvalue weighted by Gasteiger charge is -2.33. The number of likely N-dealkylation sites (tertiary alicyclic amines) is 1. The fourth-order valence-electron chi connectivity index (χ4n) is 4.05. The second-order valence-corrected chi connectivity index (χ2v) is 10.8. The number of aryl methyl sites for hydroxylation is 1. The maximum absolute atomic E-state index is 12.6. The molecule has 8 heteroatoms. The maximum atomic E-state index is 12.6. The van der Waals surface area contributed by atoms with Gasteiger partial charge in [0.2, 0.25) is 0 Å². The molecule has 0 bridgehead atoms. The van der Waals surface area contributed by atoms with E-state index in [0.717, 1.165) is 6.54 Å². The Kier molecular flexibility index (Phi) is 4.66. The second kappa shape index (κ2) is 6.83. The summed E-state index contributed by atoms with van der Waals surface area (Å²) in [5.41, 5.74) is 0. The molecule has 2 aliphatic rings. The van der Waals surface area contributed by atoms with E-state index in [-0.39, 0.29) is 29.4 Å². The van der Waals surface area contributed by atoms with Gasteiger partial charge in [-0.05, 0) is 37.6 Å². The van der Waals surface area contributed by atoms with E-state index in [2.05, 4.69) is 29.3 Å². The summed E-state index contributed by atoms with van der Waals surface area (Å²) in [6.45, 7) is 4.06. The van der Waals surface area contributed by atoms with Crippen LogP contribution in [0.1, 0.15) is 26.7 Å². The zero-order valence-electron chi connectivity index (χ0n) is 14.6. The minimum absolute atomic E-state index is 0.0753. The van der Waals surface area contributed by atoms with Crippen molar-refractivity contribution in [2.45, 2.75) is 31.2 Å². The molecule has 2 aromatic rings. The van der Waals surface area contributed by atoms with Gasteiger partial charge >= 0.3 is 0 Å². The van der Waals surface area contributed by atoms with Crippen molar-refractivity contribution in [2.24, 2.45) is 5.92 Å². The Bertz CT molecular complexity index is 888. The number of carbonyl (C=O) groups excluding carboxylic acids is 1. The van der Waals surface area contributed by atoms with E-state index >= 15 is 0 Å². The summed E-state index contributed by atoms with van der Waals surface area (Å²) in [5.74, 6) is 0.0430. The van der Waals surface area contributed by atoms with Gasteiger partial charge in [-0.1, -0.05) is 0 Å². The molecule has 0 radical (unpaired) electrons. The molecule has 6 nitrogen and oxygen atoms in total. The van der Waals surface area contributed by atoms with Gasteiger partial charge in [0.15, 0.2) is 15.6 Å². The number of furan rings is 1. The summed E-state index contributed by atoms with van der Waals surface area (Å²) in [6.07, 6.45) is 1.92. The topological polar surface area (TPSA) is 79.6 Å². The lowest BCUT2D eigenvalue weighted by Crippen LogP contribution is -2.51. The lowest BCUT2D eigenvalue weighted by atomic mass is 9.95. The van der Waals surface area contributed by atoms with E-state index in [9.17, 15) is 13.2 Å². The van der Waals surface area contributed by atoms with Crippen LogP contribution in [0.3, 0.4) is 0 Å². The second-order valence-electron chi connectivity index (χ2n) is 7.12.